The molecule has 0 bridgehead atoms. The Morgan fingerprint density at radius 1 is 1.29 bits per heavy atom. The SMILES string of the molecule is Cc1cscc1C(=N)N1CCCCC1. The van der Waals surface area contributed by atoms with Crippen LogP contribution in [0, 0.1) is 12.3 Å². The van der Waals surface area contributed by atoms with Crippen molar-refractivity contribution < 1.29 is 0 Å². The van der Waals surface area contributed by atoms with Crippen molar-refractivity contribution in [1.29, 1.82) is 5.41 Å². The predicted molar refractivity (Wildman–Crippen MR) is 61.3 cm³/mol. The second-order valence-corrected chi connectivity index (χ2v) is 4.61. The fourth-order valence-electron chi connectivity index (χ4n) is 1.89. The van der Waals surface area contributed by atoms with Gasteiger partial charge in [0.2, 0.25) is 0 Å². The molecule has 0 spiro atoms. The maximum absolute atomic E-state index is 8.11. The summed E-state index contributed by atoms with van der Waals surface area (Å²) in [5, 5.41) is 12.3. The Labute approximate surface area is 89.1 Å². The molecule has 3 heteroatoms. The molecular weight excluding hydrogens is 192 g/mol. The summed E-state index contributed by atoms with van der Waals surface area (Å²) < 4.78 is 0. The van der Waals surface area contributed by atoms with E-state index in [0.717, 1.165) is 24.5 Å². The lowest BCUT2D eigenvalue weighted by Crippen LogP contribution is -2.35. The van der Waals surface area contributed by atoms with Gasteiger partial charge in [-0.2, -0.15) is 11.3 Å². The van der Waals surface area contributed by atoms with Gasteiger partial charge in [-0.15, -0.1) is 0 Å². The quantitative estimate of drug-likeness (QED) is 0.557. The molecule has 0 unspecified atom stereocenters. The molecule has 0 amide bonds. The lowest BCUT2D eigenvalue weighted by atomic mass is 10.1. The van der Waals surface area contributed by atoms with Crippen molar-refractivity contribution in [2.45, 2.75) is 26.2 Å². The van der Waals surface area contributed by atoms with Crippen molar-refractivity contribution in [2.75, 3.05) is 13.1 Å². The van der Waals surface area contributed by atoms with Crippen LogP contribution in [0.5, 0.6) is 0 Å². The van der Waals surface area contributed by atoms with Crippen LogP contribution in [0.15, 0.2) is 10.8 Å². The van der Waals surface area contributed by atoms with E-state index in [4.69, 9.17) is 5.41 Å². The van der Waals surface area contributed by atoms with E-state index in [1.165, 1.54) is 24.8 Å². The molecule has 0 aliphatic carbocycles. The molecule has 0 radical (unpaired) electrons. The second kappa shape index (κ2) is 4.13. The predicted octanol–water partition coefficient (Wildman–Crippen LogP) is 2.87. The van der Waals surface area contributed by atoms with Crippen molar-refractivity contribution in [2.24, 2.45) is 0 Å². The first-order valence-corrected chi connectivity index (χ1v) is 6.10. The van der Waals surface area contributed by atoms with Crippen molar-refractivity contribution in [3.8, 4) is 0 Å². The summed E-state index contributed by atoms with van der Waals surface area (Å²) in [5.74, 6) is 0.725. The highest BCUT2D eigenvalue weighted by Crippen LogP contribution is 2.18. The van der Waals surface area contributed by atoms with Crippen LogP contribution in [0.25, 0.3) is 0 Å². The Morgan fingerprint density at radius 2 is 2.00 bits per heavy atom. The van der Waals surface area contributed by atoms with Crippen LogP contribution < -0.4 is 0 Å². The molecule has 1 aromatic heterocycles. The second-order valence-electron chi connectivity index (χ2n) is 3.86. The molecule has 1 aliphatic heterocycles. The van der Waals surface area contributed by atoms with Gasteiger partial charge in [-0.05, 0) is 37.1 Å². The Hall–Kier alpha value is -0.830. The largest absolute Gasteiger partial charge is 0.357 e. The maximum Gasteiger partial charge on any atom is 0.129 e. The summed E-state index contributed by atoms with van der Waals surface area (Å²) in [7, 11) is 0. The summed E-state index contributed by atoms with van der Waals surface area (Å²) in [5.41, 5.74) is 2.36. The number of hydrogen-bond acceptors (Lipinski definition) is 2. The molecule has 0 aromatic carbocycles. The van der Waals surface area contributed by atoms with Crippen LogP contribution in [0.1, 0.15) is 30.4 Å². The zero-order chi connectivity index (χ0) is 9.97. The number of likely N-dealkylation sites (tertiary alicyclic amines) is 1. The Bertz CT molecular complexity index is 324. The molecule has 0 atom stereocenters. The van der Waals surface area contributed by atoms with Crippen LogP contribution in [-0.4, -0.2) is 23.8 Å². The van der Waals surface area contributed by atoms with Crippen molar-refractivity contribution >= 4 is 17.2 Å². The van der Waals surface area contributed by atoms with Gasteiger partial charge < -0.3 is 4.90 Å². The summed E-state index contributed by atoms with van der Waals surface area (Å²) in [4.78, 5) is 2.21. The molecule has 1 aromatic rings. The zero-order valence-electron chi connectivity index (χ0n) is 8.55. The Kier molecular flexibility index (Phi) is 2.87. The van der Waals surface area contributed by atoms with Gasteiger partial charge in [-0.1, -0.05) is 0 Å². The van der Waals surface area contributed by atoms with Crippen molar-refractivity contribution in [1.82, 2.24) is 4.90 Å². The normalized spacial score (nSPS) is 17.1. The first-order chi connectivity index (χ1) is 6.79. The van der Waals surface area contributed by atoms with Gasteiger partial charge >= 0.3 is 0 Å². The van der Waals surface area contributed by atoms with Gasteiger partial charge in [0.05, 0.1) is 0 Å². The van der Waals surface area contributed by atoms with Gasteiger partial charge in [-0.3, -0.25) is 5.41 Å². The standard InChI is InChI=1S/C11H16N2S/c1-9-7-14-8-10(9)11(12)13-5-3-2-4-6-13/h7-8,12H,2-6H2,1H3. The average molecular weight is 208 g/mol. The molecule has 2 heterocycles. The minimum atomic E-state index is 0.725. The lowest BCUT2D eigenvalue weighted by Gasteiger charge is -2.28. The molecule has 0 saturated carbocycles. The van der Waals surface area contributed by atoms with E-state index in [2.05, 4.69) is 22.6 Å². The number of nitrogens with zero attached hydrogens (tertiary/aromatic N) is 1. The molecule has 76 valence electrons. The van der Waals surface area contributed by atoms with Crippen LogP contribution in [0.4, 0.5) is 0 Å². The third kappa shape index (κ3) is 1.82. The van der Waals surface area contributed by atoms with Gasteiger partial charge in [0.15, 0.2) is 0 Å². The molecule has 1 N–H and O–H groups in total. The minimum absolute atomic E-state index is 0.725. The summed E-state index contributed by atoms with van der Waals surface area (Å²) in [6.07, 6.45) is 3.81. The van der Waals surface area contributed by atoms with Gasteiger partial charge in [-0.25, -0.2) is 0 Å². The summed E-state index contributed by atoms with van der Waals surface area (Å²) in [6.45, 7) is 4.21. The summed E-state index contributed by atoms with van der Waals surface area (Å²) >= 11 is 1.69. The van der Waals surface area contributed by atoms with E-state index < -0.39 is 0 Å². The number of amidine groups is 1. The van der Waals surface area contributed by atoms with Crippen LogP contribution in [-0.2, 0) is 0 Å². The van der Waals surface area contributed by atoms with Crippen molar-refractivity contribution in [3.05, 3.63) is 21.9 Å². The average Bonchev–Trinajstić information content (AvgIpc) is 2.65. The van der Waals surface area contributed by atoms with Crippen LogP contribution in [0.3, 0.4) is 0 Å². The molecule has 2 nitrogen and oxygen atoms in total. The molecule has 2 rings (SSSR count). The lowest BCUT2D eigenvalue weighted by molar-refractivity contribution is 0.341. The van der Waals surface area contributed by atoms with E-state index in [9.17, 15) is 0 Å². The van der Waals surface area contributed by atoms with Crippen LogP contribution in [0.2, 0.25) is 0 Å². The minimum Gasteiger partial charge on any atom is -0.357 e. The number of rotatable bonds is 1. The number of piperidine rings is 1. The molecular formula is C11H16N2S. The number of thiophene rings is 1. The van der Waals surface area contributed by atoms with Gasteiger partial charge in [0, 0.05) is 24.0 Å². The topological polar surface area (TPSA) is 27.1 Å². The van der Waals surface area contributed by atoms with E-state index in [1.54, 1.807) is 11.3 Å². The maximum atomic E-state index is 8.11. The fourth-order valence-corrected chi connectivity index (χ4v) is 2.72. The zero-order valence-corrected chi connectivity index (χ0v) is 9.36. The first-order valence-electron chi connectivity index (χ1n) is 5.15. The molecule has 1 aliphatic rings. The van der Waals surface area contributed by atoms with Crippen molar-refractivity contribution in [3.63, 3.8) is 0 Å². The first kappa shape index (κ1) is 9.71. The monoisotopic (exact) mass is 208 g/mol. The van der Waals surface area contributed by atoms with E-state index in [0.29, 0.717) is 0 Å². The van der Waals surface area contributed by atoms with Gasteiger partial charge in [0.1, 0.15) is 5.84 Å². The fraction of sp³-hybridized carbons (Fsp3) is 0.545. The highest BCUT2D eigenvalue weighted by atomic mass is 32.1. The third-order valence-corrected chi connectivity index (χ3v) is 3.64. The summed E-state index contributed by atoms with van der Waals surface area (Å²) in [6, 6.07) is 0. The van der Waals surface area contributed by atoms with E-state index in [1.807, 2.05) is 0 Å². The number of aryl methyl sites for hydroxylation is 1. The Balaban J connectivity index is 2.11. The van der Waals surface area contributed by atoms with E-state index >= 15 is 0 Å². The number of nitrogens with one attached hydrogen (secondary N) is 1. The van der Waals surface area contributed by atoms with Gasteiger partial charge in [0.25, 0.3) is 0 Å². The van der Waals surface area contributed by atoms with E-state index in [-0.39, 0.29) is 0 Å². The number of hydrogen-bond donors (Lipinski definition) is 1. The smallest absolute Gasteiger partial charge is 0.129 e. The molecule has 1 saturated heterocycles. The third-order valence-electron chi connectivity index (χ3n) is 2.78. The molecule has 1 fully saturated rings. The van der Waals surface area contributed by atoms with Crippen LogP contribution >= 0.6 is 11.3 Å². The Morgan fingerprint density at radius 3 is 2.57 bits per heavy atom. The highest BCUT2D eigenvalue weighted by molar-refractivity contribution is 7.08. The highest BCUT2D eigenvalue weighted by Gasteiger charge is 2.16. The molecule has 14 heavy (non-hydrogen) atoms.